The summed E-state index contributed by atoms with van der Waals surface area (Å²) < 4.78 is 0. The largest absolute Gasteiger partial charge is 0.272 e. The lowest BCUT2D eigenvalue weighted by Gasteiger charge is -2.14. The van der Waals surface area contributed by atoms with Crippen molar-refractivity contribution in [3.05, 3.63) is 0 Å². The zero-order valence-corrected chi connectivity index (χ0v) is 4.79. The molecular formula is C5H6NO3. The van der Waals surface area contributed by atoms with Gasteiger partial charge in [0.05, 0.1) is 0 Å². The van der Waals surface area contributed by atoms with E-state index in [9.17, 15) is 14.8 Å². The van der Waals surface area contributed by atoms with Gasteiger partial charge in [-0.15, -0.1) is 5.06 Å². The number of carbonyl (C=O) groups excluding carboxylic acids is 2. The highest BCUT2D eigenvalue weighted by Gasteiger charge is 2.25. The molecule has 1 heterocycles. The van der Waals surface area contributed by atoms with Crippen molar-refractivity contribution >= 4 is 11.8 Å². The van der Waals surface area contributed by atoms with Gasteiger partial charge >= 0.3 is 0 Å². The maximum Gasteiger partial charge on any atom is 0.256 e. The van der Waals surface area contributed by atoms with Crippen molar-refractivity contribution in [2.45, 2.75) is 19.3 Å². The Balaban J connectivity index is 2.62. The molecule has 1 saturated heterocycles. The normalized spacial score (nSPS) is 20.8. The van der Waals surface area contributed by atoms with Gasteiger partial charge in [-0.25, -0.2) is 0 Å². The number of hydrogen-bond donors (Lipinski definition) is 0. The van der Waals surface area contributed by atoms with Gasteiger partial charge in [0.25, 0.3) is 11.8 Å². The fourth-order valence-electron chi connectivity index (χ4n) is 0.733. The van der Waals surface area contributed by atoms with Crippen LogP contribution in [0.25, 0.3) is 0 Å². The minimum Gasteiger partial charge on any atom is -0.272 e. The van der Waals surface area contributed by atoms with E-state index >= 15 is 0 Å². The number of nitrogens with zero attached hydrogens (tertiary/aromatic N) is 1. The van der Waals surface area contributed by atoms with Gasteiger partial charge in [0.15, 0.2) is 0 Å². The molecule has 1 radical (unpaired) electrons. The topological polar surface area (TPSA) is 57.3 Å². The van der Waals surface area contributed by atoms with Gasteiger partial charge in [-0.3, -0.25) is 9.59 Å². The molecule has 1 aliphatic rings. The van der Waals surface area contributed by atoms with Crippen molar-refractivity contribution in [3.8, 4) is 0 Å². The number of piperidine rings is 1. The van der Waals surface area contributed by atoms with E-state index in [4.69, 9.17) is 0 Å². The molecule has 1 fully saturated rings. The zero-order chi connectivity index (χ0) is 6.85. The lowest BCUT2D eigenvalue weighted by Crippen LogP contribution is -2.35. The number of rotatable bonds is 0. The summed E-state index contributed by atoms with van der Waals surface area (Å²) in [5.41, 5.74) is 0. The molecule has 0 spiro atoms. The molecule has 4 nitrogen and oxygen atoms in total. The van der Waals surface area contributed by atoms with Crippen molar-refractivity contribution in [2.24, 2.45) is 0 Å². The molecule has 2 amide bonds. The van der Waals surface area contributed by atoms with Crippen LogP contribution in [0.15, 0.2) is 0 Å². The minimum atomic E-state index is -0.605. The molecule has 0 atom stereocenters. The van der Waals surface area contributed by atoms with Crippen LogP contribution in [0.2, 0.25) is 0 Å². The predicted molar refractivity (Wildman–Crippen MR) is 26.4 cm³/mol. The third-order valence-corrected chi connectivity index (χ3v) is 1.23. The van der Waals surface area contributed by atoms with Gasteiger partial charge in [-0.1, -0.05) is 5.21 Å². The van der Waals surface area contributed by atoms with E-state index in [1.54, 1.807) is 0 Å². The first-order chi connectivity index (χ1) is 4.22. The van der Waals surface area contributed by atoms with Crippen LogP contribution in [-0.2, 0) is 14.8 Å². The molecule has 0 unspecified atom stereocenters. The second kappa shape index (κ2) is 2.14. The summed E-state index contributed by atoms with van der Waals surface area (Å²) in [4.78, 5) is 20.8. The van der Waals surface area contributed by atoms with Gasteiger partial charge in [0.2, 0.25) is 0 Å². The van der Waals surface area contributed by atoms with Gasteiger partial charge < -0.3 is 0 Å². The molecule has 9 heavy (non-hydrogen) atoms. The molecule has 1 aliphatic heterocycles. The molecule has 0 N–H and O–H groups in total. The molecule has 49 valence electrons. The Hall–Kier alpha value is -0.900. The molecular weight excluding hydrogens is 122 g/mol. The Morgan fingerprint density at radius 2 is 1.56 bits per heavy atom. The third-order valence-electron chi connectivity index (χ3n) is 1.23. The van der Waals surface area contributed by atoms with Crippen LogP contribution in [0.4, 0.5) is 0 Å². The Bertz CT molecular complexity index is 138. The minimum absolute atomic E-state index is 0.0521. The fourth-order valence-corrected chi connectivity index (χ4v) is 0.733. The van der Waals surface area contributed by atoms with Crippen molar-refractivity contribution in [1.29, 1.82) is 0 Å². The molecule has 4 heteroatoms. The maximum atomic E-state index is 10.4. The average Bonchev–Trinajstić information content (AvgIpc) is 1.83. The van der Waals surface area contributed by atoms with Crippen LogP contribution >= 0.6 is 0 Å². The van der Waals surface area contributed by atoms with Crippen molar-refractivity contribution in [1.82, 2.24) is 5.06 Å². The lowest BCUT2D eigenvalue weighted by atomic mass is 10.1. The monoisotopic (exact) mass is 128 g/mol. The summed E-state index contributed by atoms with van der Waals surface area (Å²) in [6, 6.07) is 0. The predicted octanol–water partition coefficient (Wildman–Crippen LogP) is -0.129. The summed E-state index contributed by atoms with van der Waals surface area (Å²) in [5, 5.41) is 10.3. The van der Waals surface area contributed by atoms with Crippen molar-refractivity contribution in [3.63, 3.8) is 0 Å². The molecule has 1 rings (SSSR count). The number of amides is 2. The molecule has 0 aromatic heterocycles. The van der Waals surface area contributed by atoms with E-state index in [-0.39, 0.29) is 17.9 Å². The van der Waals surface area contributed by atoms with Crippen molar-refractivity contribution < 1.29 is 14.8 Å². The highest BCUT2D eigenvalue weighted by molar-refractivity contribution is 5.95. The molecule has 0 bridgehead atoms. The summed E-state index contributed by atoms with van der Waals surface area (Å²) in [6.07, 6.45) is 0.959. The zero-order valence-electron chi connectivity index (χ0n) is 4.79. The molecule has 0 aromatic rings. The smallest absolute Gasteiger partial charge is 0.256 e. The van der Waals surface area contributed by atoms with Gasteiger partial charge in [-0.05, 0) is 6.42 Å². The summed E-state index contributed by atoms with van der Waals surface area (Å²) in [5.74, 6) is -1.21. The Morgan fingerprint density at radius 1 is 1.11 bits per heavy atom. The second-order valence-corrected chi connectivity index (χ2v) is 1.94. The van der Waals surface area contributed by atoms with E-state index in [0.29, 0.717) is 6.42 Å². The van der Waals surface area contributed by atoms with E-state index in [2.05, 4.69) is 0 Å². The summed E-state index contributed by atoms with van der Waals surface area (Å²) in [6.45, 7) is 0. The Morgan fingerprint density at radius 3 is 1.89 bits per heavy atom. The van der Waals surface area contributed by atoms with Crippen LogP contribution in [0, 0.1) is 0 Å². The Kier molecular flexibility index (Phi) is 1.48. The van der Waals surface area contributed by atoms with Crippen LogP contribution in [0.1, 0.15) is 19.3 Å². The molecule has 0 aliphatic carbocycles. The molecule has 0 saturated carbocycles. The number of carbonyl (C=O) groups is 2. The quantitative estimate of drug-likeness (QED) is 0.427. The van der Waals surface area contributed by atoms with Crippen LogP contribution in [-0.4, -0.2) is 16.9 Å². The summed E-state index contributed by atoms with van der Waals surface area (Å²) in [7, 11) is 0. The van der Waals surface area contributed by atoms with Gasteiger partial charge in [0.1, 0.15) is 0 Å². The number of hydrogen-bond acceptors (Lipinski definition) is 2. The maximum absolute atomic E-state index is 10.4. The van der Waals surface area contributed by atoms with E-state index in [1.807, 2.05) is 0 Å². The van der Waals surface area contributed by atoms with Gasteiger partial charge in [-0.2, -0.15) is 0 Å². The highest BCUT2D eigenvalue weighted by Crippen LogP contribution is 2.09. The second-order valence-electron chi connectivity index (χ2n) is 1.94. The average molecular weight is 128 g/mol. The number of imide groups is 1. The van der Waals surface area contributed by atoms with Gasteiger partial charge in [0, 0.05) is 12.8 Å². The fraction of sp³-hybridized carbons (Fsp3) is 0.600. The highest BCUT2D eigenvalue weighted by atomic mass is 16.5. The number of hydroxylamine groups is 2. The first-order valence-electron chi connectivity index (χ1n) is 2.75. The lowest BCUT2D eigenvalue weighted by molar-refractivity contribution is -0.199. The van der Waals surface area contributed by atoms with Crippen LogP contribution < -0.4 is 0 Å². The first kappa shape index (κ1) is 6.22. The standard InChI is InChI=1S/C5H6NO3/c7-4-2-1-3-5(8)6(4)9/h1-3H2. The van der Waals surface area contributed by atoms with E-state index in [1.165, 1.54) is 0 Å². The van der Waals surface area contributed by atoms with E-state index < -0.39 is 11.8 Å². The Labute approximate surface area is 52.0 Å². The summed E-state index contributed by atoms with van der Waals surface area (Å²) >= 11 is 0. The van der Waals surface area contributed by atoms with Crippen molar-refractivity contribution in [2.75, 3.05) is 0 Å². The van der Waals surface area contributed by atoms with E-state index in [0.717, 1.165) is 0 Å². The SMILES string of the molecule is [O]N1C(=O)CCCC1=O. The third kappa shape index (κ3) is 1.08. The van der Waals surface area contributed by atoms with Crippen LogP contribution in [0.5, 0.6) is 0 Å². The van der Waals surface area contributed by atoms with Crippen LogP contribution in [0.3, 0.4) is 0 Å². The first-order valence-corrected chi connectivity index (χ1v) is 2.75. The molecule has 0 aromatic carbocycles.